The Balaban J connectivity index is 1.71. The lowest BCUT2D eigenvalue weighted by molar-refractivity contribution is -0.133. The Labute approximate surface area is 148 Å². The van der Waals surface area contributed by atoms with E-state index in [2.05, 4.69) is 6.92 Å². The molecule has 5 heteroatoms. The normalized spacial score (nSPS) is 15.2. The van der Waals surface area contributed by atoms with Crippen LogP contribution < -0.4 is 0 Å². The summed E-state index contributed by atoms with van der Waals surface area (Å²) >= 11 is 0. The number of hydrogen-bond donors (Lipinski definition) is 0. The molecular formula is C20H24N2O3. The van der Waals surface area contributed by atoms with Crippen molar-refractivity contribution in [1.82, 2.24) is 9.80 Å². The number of benzene rings is 1. The maximum Gasteiger partial charge on any atom is 0.257 e. The summed E-state index contributed by atoms with van der Waals surface area (Å²) in [6.07, 6.45) is 4.95. The van der Waals surface area contributed by atoms with Gasteiger partial charge in [-0.2, -0.15) is 0 Å². The predicted molar refractivity (Wildman–Crippen MR) is 94.9 cm³/mol. The second-order valence-corrected chi connectivity index (χ2v) is 6.72. The van der Waals surface area contributed by atoms with Gasteiger partial charge >= 0.3 is 0 Å². The average molecular weight is 340 g/mol. The van der Waals surface area contributed by atoms with E-state index in [-0.39, 0.29) is 18.4 Å². The first kappa shape index (κ1) is 17.3. The van der Waals surface area contributed by atoms with Gasteiger partial charge < -0.3 is 14.2 Å². The van der Waals surface area contributed by atoms with E-state index in [0.29, 0.717) is 18.0 Å². The van der Waals surface area contributed by atoms with Gasteiger partial charge in [-0.1, -0.05) is 37.3 Å². The summed E-state index contributed by atoms with van der Waals surface area (Å²) in [5, 5.41) is 0. The highest BCUT2D eigenvalue weighted by Gasteiger charge is 2.25. The van der Waals surface area contributed by atoms with Gasteiger partial charge in [0.15, 0.2) is 0 Å². The van der Waals surface area contributed by atoms with Gasteiger partial charge in [-0.15, -0.1) is 0 Å². The van der Waals surface area contributed by atoms with Gasteiger partial charge in [0.1, 0.15) is 12.8 Å². The summed E-state index contributed by atoms with van der Waals surface area (Å²) in [7, 11) is 0. The molecule has 0 saturated carbocycles. The zero-order valence-electron chi connectivity index (χ0n) is 14.6. The van der Waals surface area contributed by atoms with Crippen LogP contribution in [0, 0.1) is 5.92 Å². The molecule has 0 bridgehead atoms. The minimum absolute atomic E-state index is 0.0136. The second kappa shape index (κ2) is 8.01. The number of rotatable bonds is 5. The lowest BCUT2D eigenvalue weighted by Crippen LogP contribution is -2.45. The third-order valence-corrected chi connectivity index (χ3v) is 4.73. The minimum Gasteiger partial charge on any atom is -0.472 e. The number of nitrogens with zero attached hydrogens (tertiary/aromatic N) is 2. The summed E-state index contributed by atoms with van der Waals surface area (Å²) in [6, 6.07) is 11.4. The maximum absolute atomic E-state index is 12.8. The van der Waals surface area contributed by atoms with Gasteiger partial charge in [-0.3, -0.25) is 9.59 Å². The van der Waals surface area contributed by atoms with E-state index in [4.69, 9.17) is 4.42 Å². The lowest BCUT2D eigenvalue weighted by atomic mass is 9.99. The van der Waals surface area contributed by atoms with Crippen molar-refractivity contribution in [2.75, 3.05) is 19.6 Å². The van der Waals surface area contributed by atoms with E-state index < -0.39 is 0 Å². The van der Waals surface area contributed by atoms with Crippen molar-refractivity contribution in [3.8, 4) is 0 Å². The number of piperidine rings is 1. The van der Waals surface area contributed by atoms with Crippen LogP contribution in [0.1, 0.15) is 35.7 Å². The molecule has 1 aliphatic rings. The van der Waals surface area contributed by atoms with E-state index in [9.17, 15) is 9.59 Å². The average Bonchev–Trinajstić information content (AvgIpc) is 3.16. The topological polar surface area (TPSA) is 53.8 Å². The van der Waals surface area contributed by atoms with Crippen molar-refractivity contribution < 1.29 is 14.0 Å². The van der Waals surface area contributed by atoms with Crippen molar-refractivity contribution in [1.29, 1.82) is 0 Å². The molecule has 5 nitrogen and oxygen atoms in total. The van der Waals surface area contributed by atoms with Crippen molar-refractivity contribution in [2.24, 2.45) is 5.92 Å². The van der Waals surface area contributed by atoms with E-state index in [1.807, 2.05) is 35.2 Å². The lowest BCUT2D eigenvalue weighted by Gasteiger charge is -2.32. The van der Waals surface area contributed by atoms with Crippen LogP contribution in [-0.4, -0.2) is 41.2 Å². The molecule has 1 aromatic heterocycles. The molecule has 3 rings (SSSR count). The van der Waals surface area contributed by atoms with Gasteiger partial charge in [-0.25, -0.2) is 0 Å². The number of hydrogen-bond acceptors (Lipinski definition) is 3. The van der Waals surface area contributed by atoms with E-state index in [1.54, 1.807) is 11.0 Å². The Morgan fingerprint density at radius 2 is 1.88 bits per heavy atom. The first-order valence-electron chi connectivity index (χ1n) is 8.76. The molecule has 0 atom stereocenters. The molecule has 25 heavy (non-hydrogen) atoms. The fraction of sp³-hybridized carbons (Fsp3) is 0.400. The molecular weight excluding hydrogens is 316 g/mol. The second-order valence-electron chi connectivity index (χ2n) is 6.72. The zero-order chi connectivity index (χ0) is 17.6. The highest BCUT2D eigenvalue weighted by molar-refractivity contribution is 5.96. The van der Waals surface area contributed by atoms with Crippen LogP contribution in [0.15, 0.2) is 53.3 Å². The number of carbonyl (C=O) groups excluding carboxylic acids is 2. The summed E-state index contributed by atoms with van der Waals surface area (Å²) in [5.41, 5.74) is 1.47. The molecule has 2 heterocycles. The number of furan rings is 1. The molecule has 132 valence electrons. The monoisotopic (exact) mass is 340 g/mol. The largest absolute Gasteiger partial charge is 0.472 e. The molecule has 0 unspecified atom stereocenters. The summed E-state index contributed by atoms with van der Waals surface area (Å²) in [5.74, 6) is 0.494. The number of likely N-dealkylation sites (tertiary alicyclic amines) is 1. The van der Waals surface area contributed by atoms with Crippen molar-refractivity contribution in [3.63, 3.8) is 0 Å². The smallest absolute Gasteiger partial charge is 0.257 e. The SMILES string of the molecule is CC1CCN(C(=O)CN(Cc2ccccc2)C(=O)c2ccoc2)CC1. The molecule has 2 aromatic rings. The van der Waals surface area contributed by atoms with E-state index in [1.165, 1.54) is 12.5 Å². The van der Waals surface area contributed by atoms with Crippen LogP contribution in [0.3, 0.4) is 0 Å². The highest BCUT2D eigenvalue weighted by Crippen LogP contribution is 2.17. The van der Waals surface area contributed by atoms with Crippen molar-refractivity contribution >= 4 is 11.8 Å². The molecule has 1 aliphatic heterocycles. The van der Waals surface area contributed by atoms with Gasteiger partial charge in [0.25, 0.3) is 5.91 Å². The highest BCUT2D eigenvalue weighted by atomic mass is 16.3. The van der Waals surface area contributed by atoms with E-state index in [0.717, 1.165) is 31.5 Å². The molecule has 0 radical (unpaired) electrons. The fourth-order valence-corrected chi connectivity index (χ4v) is 3.09. The molecule has 1 aromatic carbocycles. The van der Waals surface area contributed by atoms with Gasteiger partial charge in [0.05, 0.1) is 11.8 Å². The standard InChI is InChI=1S/C20H24N2O3/c1-16-7-10-21(11-8-16)19(23)14-22(13-17-5-3-2-4-6-17)20(24)18-9-12-25-15-18/h2-6,9,12,15-16H,7-8,10-11,13-14H2,1H3. The quantitative estimate of drug-likeness (QED) is 0.840. The van der Waals surface area contributed by atoms with Crippen LogP contribution in [0.2, 0.25) is 0 Å². The van der Waals surface area contributed by atoms with Gasteiger partial charge in [-0.05, 0) is 30.4 Å². The van der Waals surface area contributed by atoms with Crippen LogP contribution in [0.5, 0.6) is 0 Å². The van der Waals surface area contributed by atoms with Crippen LogP contribution in [-0.2, 0) is 11.3 Å². The summed E-state index contributed by atoms with van der Waals surface area (Å²) in [4.78, 5) is 28.9. The van der Waals surface area contributed by atoms with E-state index >= 15 is 0 Å². The molecule has 0 spiro atoms. The first-order valence-corrected chi connectivity index (χ1v) is 8.76. The Kier molecular flexibility index (Phi) is 5.53. The van der Waals surface area contributed by atoms with Crippen molar-refractivity contribution in [2.45, 2.75) is 26.3 Å². The van der Waals surface area contributed by atoms with Crippen LogP contribution in [0.25, 0.3) is 0 Å². The Hall–Kier alpha value is -2.56. The maximum atomic E-state index is 12.8. The Morgan fingerprint density at radius 3 is 2.52 bits per heavy atom. The fourth-order valence-electron chi connectivity index (χ4n) is 3.09. The van der Waals surface area contributed by atoms with Gasteiger partial charge in [0.2, 0.25) is 5.91 Å². The summed E-state index contributed by atoms with van der Waals surface area (Å²) in [6.45, 7) is 4.26. The third kappa shape index (κ3) is 4.50. The van der Waals surface area contributed by atoms with Crippen LogP contribution in [0.4, 0.5) is 0 Å². The number of carbonyl (C=O) groups is 2. The molecule has 0 aliphatic carbocycles. The molecule has 2 amide bonds. The summed E-state index contributed by atoms with van der Waals surface area (Å²) < 4.78 is 5.03. The molecule has 0 N–H and O–H groups in total. The number of amides is 2. The minimum atomic E-state index is -0.184. The first-order chi connectivity index (χ1) is 12.1. The third-order valence-electron chi connectivity index (χ3n) is 4.73. The van der Waals surface area contributed by atoms with Gasteiger partial charge in [0, 0.05) is 19.6 Å². The Bertz CT molecular complexity index is 689. The van der Waals surface area contributed by atoms with Crippen LogP contribution >= 0.6 is 0 Å². The predicted octanol–water partition coefficient (Wildman–Crippen LogP) is 3.18. The molecule has 1 fully saturated rings. The van der Waals surface area contributed by atoms with Crippen molar-refractivity contribution in [3.05, 3.63) is 60.1 Å². The zero-order valence-corrected chi connectivity index (χ0v) is 14.6. The molecule has 1 saturated heterocycles. The Morgan fingerprint density at radius 1 is 1.16 bits per heavy atom.